The van der Waals surface area contributed by atoms with E-state index in [0.29, 0.717) is 12.3 Å². The summed E-state index contributed by atoms with van der Waals surface area (Å²) < 4.78 is 0. The molecule has 0 saturated heterocycles. The number of benzene rings is 1. The molecule has 0 fully saturated rings. The Hall–Kier alpha value is -1.84. The fourth-order valence-electron chi connectivity index (χ4n) is 2.10. The van der Waals surface area contributed by atoms with E-state index < -0.39 is 0 Å². The Bertz CT molecular complexity index is 489. The predicted molar refractivity (Wildman–Crippen MR) is 86.3 cm³/mol. The Kier molecular flexibility index (Phi) is 6.40. The van der Waals surface area contributed by atoms with Gasteiger partial charge in [0.25, 0.3) is 0 Å². The summed E-state index contributed by atoms with van der Waals surface area (Å²) in [7, 11) is 1.67. The normalized spacial score (nSPS) is 10.6. The average molecular weight is 290 g/mol. The molecule has 0 aliphatic heterocycles. The van der Waals surface area contributed by atoms with Crippen molar-refractivity contribution in [1.82, 2.24) is 4.90 Å². The number of likely N-dealkylation sites (N-methyl/N-ethyl adjacent to an activating group) is 1. The smallest absolute Gasteiger partial charge is 0.243 e. The van der Waals surface area contributed by atoms with E-state index in [1.807, 2.05) is 32.0 Å². The second-order valence-electron chi connectivity index (χ2n) is 6.00. The summed E-state index contributed by atoms with van der Waals surface area (Å²) in [5, 5.41) is 2.90. The largest absolute Gasteiger partial charge is 0.336 e. The highest BCUT2D eigenvalue weighted by molar-refractivity contribution is 5.95. The maximum absolute atomic E-state index is 12.1. The quantitative estimate of drug-likeness (QED) is 0.875. The molecule has 2 amide bonds. The highest BCUT2D eigenvalue weighted by Gasteiger charge is 2.14. The summed E-state index contributed by atoms with van der Waals surface area (Å²) in [5.41, 5.74) is 2.89. The summed E-state index contributed by atoms with van der Waals surface area (Å²) in [6, 6.07) is 5.88. The summed E-state index contributed by atoms with van der Waals surface area (Å²) in [5.74, 6) is 0.346. The third-order valence-corrected chi connectivity index (χ3v) is 3.49. The van der Waals surface area contributed by atoms with E-state index in [-0.39, 0.29) is 18.4 Å². The Balaban J connectivity index is 2.55. The third kappa shape index (κ3) is 5.58. The second-order valence-corrected chi connectivity index (χ2v) is 6.00. The molecule has 0 atom stereocenters. The molecule has 21 heavy (non-hydrogen) atoms. The van der Waals surface area contributed by atoms with Crippen LogP contribution in [0.2, 0.25) is 0 Å². The number of nitrogens with one attached hydrogen (secondary N) is 1. The molecule has 0 aliphatic carbocycles. The van der Waals surface area contributed by atoms with E-state index >= 15 is 0 Å². The van der Waals surface area contributed by atoms with Gasteiger partial charge in [-0.1, -0.05) is 32.0 Å². The van der Waals surface area contributed by atoms with Gasteiger partial charge in [0.1, 0.15) is 0 Å². The van der Waals surface area contributed by atoms with Crippen LogP contribution in [0.4, 0.5) is 5.69 Å². The molecule has 0 bridgehead atoms. The molecule has 0 radical (unpaired) electrons. The molecule has 116 valence electrons. The Morgan fingerprint density at radius 2 is 1.76 bits per heavy atom. The van der Waals surface area contributed by atoms with Crippen molar-refractivity contribution in [2.24, 2.45) is 5.92 Å². The number of anilines is 1. The van der Waals surface area contributed by atoms with Crippen molar-refractivity contribution >= 4 is 17.5 Å². The van der Waals surface area contributed by atoms with Crippen LogP contribution in [0.3, 0.4) is 0 Å². The maximum Gasteiger partial charge on any atom is 0.243 e. The zero-order chi connectivity index (χ0) is 16.0. The van der Waals surface area contributed by atoms with E-state index in [4.69, 9.17) is 0 Å². The first kappa shape index (κ1) is 17.2. The van der Waals surface area contributed by atoms with Crippen LogP contribution in [0, 0.1) is 19.8 Å². The van der Waals surface area contributed by atoms with E-state index in [0.717, 1.165) is 23.2 Å². The summed E-state index contributed by atoms with van der Waals surface area (Å²) in [4.78, 5) is 25.5. The lowest BCUT2D eigenvalue weighted by Crippen LogP contribution is -2.35. The van der Waals surface area contributed by atoms with Crippen LogP contribution in [-0.4, -0.2) is 30.3 Å². The number of aryl methyl sites for hydroxylation is 2. The van der Waals surface area contributed by atoms with Gasteiger partial charge in [-0.3, -0.25) is 9.59 Å². The molecule has 0 aliphatic rings. The van der Waals surface area contributed by atoms with Gasteiger partial charge in [-0.15, -0.1) is 0 Å². The zero-order valence-corrected chi connectivity index (χ0v) is 13.7. The molecule has 0 spiro atoms. The minimum atomic E-state index is -0.159. The van der Waals surface area contributed by atoms with E-state index in [1.54, 1.807) is 7.05 Å². The van der Waals surface area contributed by atoms with Crippen LogP contribution in [-0.2, 0) is 9.59 Å². The van der Waals surface area contributed by atoms with Crippen molar-refractivity contribution in [2.45, 2.75) is 40.5 Å². The van der Waals surface area contributed by atoms with Crippen molar-refractivity contribution in [3.63, 3.8) is 0 Å². The highest BCUT2D eigenvalue weighted by Crippen LogP contribution is 2.19. The monoisotopic (exact) mass is 290 g/mol. The van der Waals surface area contributed by atoms with Crippen LogP contribution < -0.4 is 5.32 Å². The summed E-state index contributed by atoms with van der Waals surface area (Å²) in [6.07, 6.45) is 1.34. The number of hydrogen-bond donors (Lipinski definition) is 1. The topological polar surface area (TPSA) is 49.4 Å². The van der Waals surface area contributed by atoms with Crippen molar-refractivity contribution in [2.75, 3.05) is 18.9 Å². The van der Waals surface area contributed by atoms with Gasteiger partial charge in [0.05, 0.1) is 6.54 Å². The first-order chi connectivity index (χ1) is 9.81. The second kappa shape index (κ2) is 7.81. The van der Waals surface area contributed by atoms with Crippen molar-refractivity contribution in [3.8, 4) is 0 Å². The number of rotatable bonds is 6. The van der Waals surface area contributed by atoms with Gasteiger partial charge in [-0.2, -0.15) is 0 Å². The Morgan fingerprint density at radius 1 is 1.19 bits per heavy atom. The molecule has 1 N–H and O–H groups in total. The zero-order valence-electron chi connectivity index (χ0n) is 13.7. The lowest BCUT2D eigenvalue weighted by Gasteiger charge is -2.18. The van der Waals surface area contributed by atoms with Crippen LogP contribution in [0.15, 0.2) is 18.2 Å². The molecular weight excluding hydrogens is 264 g/mol. The van der Waals surface area contributed by atoms with Crippen LogP contribution in [0.25, 0.3) is 0 Å². The molecule has 1 rings (SSSR count). The lowest BCUT2D eigenvalue weighted by atomic mass is 10.1. The molecule has 4 nitrogen and oxygen atoms in total. The van der Waals surface area contributed by atoms with Gasteiger partial charge < -0.3 is 10.2 Å². The Morgan fingerprint density at radius 3 is 2.29 bits per heavy atom. The van der Waals surface area contributed by atoms with Gasteiger partial charge >= 0.3 is 0 Å². The fourth-order valence-corrected chi connectivity index (χ4v) is 2.10. The van der Waals surface area contributed by atoms with Gasteiger partial charge in [0.2, 0.25) is 11.8 Å². The molecule has 0 heterocycles. The standard InChI is InChI=1S/C17H26N2O2/c1-12(2)9-10-16(21)19(5)11-15(20)18-17-13(3)7-6-8-14(17)4/h6-8,12H,9-11H2,1-5H3,(H,18,20). The molecule has 0 unspecified atom stereocenters. The fraction of sp³-hybridized carbons (Fsp3) is 0.529. The maximum atomic E-state index is 12.1. The van der Waals surface area contributed by atoms with Crippen molar-refractivity contribution < 1.29 is 9.59 Å². The van der Waals surface area contributed by atoms with Crippen molar-refractivity contribution in [1.29, 1.82) is 0 Å². The minimum absolute atomic E-state index is 0.0142. The number of hydrogen-bond acceptors (Lipinski definition) is 2. The van der Waals surface area contributed by atoms with Gasteiger partial charge in [-0.25, -0.2) is 0 Å². The number of carbonyl (C=O) groups excluding carboxylic acids is 2. The van der Waals surface area contributed by atoms with E-state index in [1.165, 1.54) is 4.90 Å². The molecular formula is C17H26N2O2. The number of nitrogens with zero attached hydrogens (tertiary/aromatic N) is 1. The van der Waals surface area contributed by atoms with Gasteiger partial charge in [0.15, 0.2) is 0 Å². The van der Waals surface area contributed by atoms with E-state index in [2.05, 4.69) is 19.2 Å². The summed E-state index contributed by atoms with van der Waals surface area (Å²) in [6.45, 7) is 8.17. The average Bonchev–Trinajstić information content (AvgIpc) is 2.40. The molecule has 1 aromatic carbocycles. The highest BCUT2D eigenvalue weighted by atomic mass is 16.2. The van der Waals surface area contributed by atoms with Crippen LogP contribution in [0.5, 0.6) is 0 Å². The molecule has 0 saturated carbocycles. The van der Waals surface area contributed by atoms with Gasteiger partial charge in [0, 0.05) is 19.2 Å². The first-order valence-electron chi connectivity index (χ1n) is 7.41. The summed E-state index contributed by atoms with van der Waals surface area (Å²) >= 11 is 0. The molecule has 1 aromatic rings. The van der Waals surface area contributed by atoms with Gasteiger partial charge in [-0.05, 0) is 37.3 Å². The Labute approximate surface area is 127 Å². The predicted octanol–water partition coefficient (Wildman–Crippen LogP) is 3.14. The molecule has 4 heteroatoms. The number of carbonyl (C=O) groups is 2. The lowest BCUT2D eigenvalue weighted by molar-refractivity contribution is -0.133. The number of para-hydroxylation sites is 1. The van der Waals surface area contributed by atoms with Crippen LogP contribution in [0.1, 0.15) is 37.8 Å². The minimum Gasteiger partial charge on any atom is -0.336 e. The number of amides is 2. The first-order valence-corrected chi connectivity index (χ1v) is 7.41. The third-order valence-electron chi connectivity index (χ3n) is 3.49. The van der Waals surface area contributed by atoms with Crippen LogP contribution >= 0.6 is 0 Å². The van der Waals surface area contributed by atoms with E-state index in [9.17, 15) is 9.59 Å². The molecule has 0 aromatic heterocycles. The SMILES string of the molecule is Cc1cccc(C)c1NC(=O)CN(C)C(=O)CCC(C)C. The van der Waals surface area contributed by atoms with Crippen molar-refractivity contribution in [3.05, 3.63) is 29.3 Å².